The number of carbonyl (C=O) groups excluding carboxylic acids is 2. The van der Waals surface area contributed by atoms with E-state index in [1.807, 2.05) is 38.1 Å². The first-order valence-electron chi connectivity index (χ1n) is 9.40. The Morgan fingerprint density at radius 1 is 1.21 bits per heavy atom. The third-order valence-electron chi connectivity index (χ3n) is 4.82. The summed E-state index contributed by atoms with van der Waals surface area (Å²) in [6.45, 7) is 8.22. The van der Waals surface area contributed by atoms with Gasteiger partial charge in [0.2, 0.25) is 5.91 Å². The molecular weight excluding hydrogens is 376 g/mol. The van der Waals surface area contributed by atoms with Gasteiger partial charge in [0, 0.05) is 30.2 Å². The molecule has 1 aliphatic rings. The van der Waals surface area contributed by atoms with E-state index >= 15 is 0 Å². The van der Waals surface area contributed by atoms with Gasteiger partial charge < -0.3 is 14.5 Å². The number of aryl methyl sites for hydroxylation is 1. The second kappa shape index (κ2) is 7.84. The molecule has 28 heavy (non-hydrogen) atoms. The Balaban J connectivity index is 1.82. The molecule has 3 rings (SSSR count). The van der Waals surface area contributed by atoms with Gasteiger partial charge in [-0.25, -0.2) is 0 Å². The largest absolute Gasteiger partial charge is 0.476 e. The average Bonchev–Trinajstić information content (AvgIpc) is 2.63. The lowest BCUT2D eigenvalue weighted by Crippen LogP contribution is -2.53. The molecule has 0 aromatic heterocycles. The van der Waals surface area contributed by atoms with Crippen LogP contribution in [0, 0.1) is 6.92 Å². The van der Waals surface area contributed by atoms with Crippen LogP contribution in [0.5, 0.6) is 5.75 Å². The van der Waals surface area contributed by atoms with Crippen molar-refractivity contribution in [2.24, 2.45) is 0 Å². The Morgan fingerprint density at radius 3 is 2.64 bits per heavy atom. The van der Waals surface area contributed by atoms with Crippen LogP contribution in [0.2, 0.25) is 5.02 Å². The van der Waals surface area contributed by atoms with E-state index in [0.29, 0.717) is 23.0 Å². The second-order valence-corrected chi connectivity index (χ2v) is 7.84. The highest BCUT2D eigenvalue weighted by Crippen LogP contribution is 2.39. The van der Waals surface area contributed by atoms with Gasteiger partial charge in [0.1, 0.15) is 5.75 Å². The van der Waals surface area contributed by atoms with Crippen molar-refractivity contribution in [2.75, 3.05) is 22.9 Å². The summed E-state index contributed by atoms with van der Waals surface area (Å²) in [5.74, 6) is 0.370. The zero-order valence-electron chi connectivity index (χ0n) is 16.7. The van der Waals surface area contributed by atoms with Gasteiger partial charge in [0.05, 0.1) is 5.69 Å². The fourth-order valence-electron chi connectivity index (χ4n) is 3.40. The lowest BCUT2D eigenvalue weighted by Gasteiger charge is -2.39. The molecular formula is C22H25ClN2O3. The van der Waals surface area contributed by atoms with Gasteiger partial charge in [-0.1, -0.05) is 23.7 Å². The van der Waals surface area contributed by atoms with E-state index in [4.69, 9.17) is 16.3 Å². The van der Waals surface area contributed by atoms with Crippen LogP contribution in [0.3, 0.4) is 0 Å². The first-order valence-corrected chi connectivity index (χ1v) is 9.78. The maximum Gasteiger partial charge on any atom is 0.270 e. The predicted molar refractivity (Wildman–Crippen MR) is 112 cm³/mol. The molecule has 0 aliphatic carbocycles. The third kappa shape index (κ3) is 3.99. The van der Waals surface area contributed by atoms with Crippen molar-refractivity contribution in [3.05, 3.63) is 53.1 Å². The van der Waals surface area contributed by atoms with Crippen molar-refractivity contribution in [3.63, 3.8) is 0 Å². The smallest absolute Gasteiger partial charge is 0.270 e. The van der Waals surface area contributed by atoms with Crippen molar-refractivity contribution >= 4 is 34.8 Å². The topological polar surface area (TPSA) is 49.9 Å². The fraction of sp³-hybridized carbons (Fsp3) is 0.364. The molecule has 6 heteroatoms. The summed E-state index contributed by atoms with van der Waals surface area (Å²) in [5, 5.41) is 0.515. The Bertz CT molecular complexity index is 910. The minimum absolute atomic E-state index is 0.0335. The highest BCUT2D eigenvalue weighted by molar-refractivity contribution is 6.31. The number of hydrogen-bond donors (Lipinski definition) is 0. The Kier molecular flexibility index (Phi) is 5.66. The minimum Gasteiger partial charge on any atom is -0.476 e. The van der Waals surface area contributed by atoms with Gasteiger partial charge in [0.25, 0.3) is 5.91 Å². The summed E-state index contributed by atoms with van der Waals surface area (Å²) < 4.78 is 5.83. The number of halogens is 1. The number of amides is 2. The monoisotopic (exact) mass is 400 g/mol. The standard InChI is InChI=1S/C22H25ClN2O3/c1-5-24(17-8-6-7-15(2)13-17)20(26)11-12-25-18-14-16(23)9-10-19(18)28-22(3,4)21(25)27/h6-10,13-14H,5,11-12H2,1-4H3. The van der Waals surface area contributed by atoms with E-state index in [1.54, 1.807) is 41.8 Å². The molecule has 0 radical (unpaired) electrons. The summed E-state index contributed by atoms with van der Waals surface area (Å²) in [4.78, 5) is 29.2. The van der Waals surface area contributed by atoms with Crippen molar-refractivity contribution in [3.8, 4) is 5.75 Å². The van der Waals surface area contributed by atoms with Crippen LogP contribution < -0.4 is 14.5 Å². The van der Waals surface area contributed by atoms with E-state index in [1.165, 1.54) is 0 Å². The molecule has 0 atom stereocenters. The van der Waals surface area contributed by atoms with Crippen LogP contribution in [0.25, 0.3) is 0 Å². The molecule has 0 bridgehead atoms. The van der Waals surface area contributed by atoms with E-state index in [0.717, 1.165) is 11.3 Å². The summed E-state index contributed by atoms with van der Waals surface area (Å²) >= 11 is 6.12. The zero-order chi connectivity index (χ0) is 20.5. The summed E-state index contributed by atoms with van der Waals surface area (Å²) in [7, 11) is 0. The molecule has 0 saturated heterocycles. The molecule has 0 saturated carbocycles. The Labute approximate surface area is 170 Å². The van der Waals surface area contributed by atoms with Crippen LogP contribution in [0.4, 0.5) is 11.4 Å². The Morgan fingerprint density at radius 2 is 1.96 bits per heavy atom. The summed E-state index contributed by atoms with van der Waals surface area (Å²) in [5.41, 5.74) is 1.57. The molecule has 2 amide bonds. The average molecular weight is 401 g/mol. The van der Waals surface area contributed by atoms with Crippen LogP contribution in [0.1, 0.15) is 32.8 Å². The maximum absolute atomic E-state index is 12.9. The van der Waals surface area contributed by atoms with Crippen molar-refractivity contribution in [2.45, 2.75) is 39.7 Å². The normalized spacial score (nSPS) is 15.0. The number of fused-ring (bicyclic) bond motifs is 1. The molecule has 0 N–H and O–H groups in total. The highest BCUT2D eigenvalue weighted by atomic mass is 35.5. The SMILES string of the molecule is CCN(C(=O)CCN1C(=O)C(C)(C)Oc2ccc(Cl)cc21)c1cccc(C)c1. The predicted octanol–water partition coefficient (Wildman–Crippen LogP) is 4.60. The van der Waals surface area contributed by atoms with Gasteiger partial charge in [-0.15, -0.1) is 0 Å². The van der Waals surface area contributed by atoms with Crippen LogP contribution in [-0.4, -0.2) is 30.5 Å². The highest BCUT2D eigenvalue weighted by Gasteiger charge is 2.41. The molecule has 0 unspecified atom stereocenters. The summed E-state index contributed by atoms with van der Waals surface area (Å²) in [6, 6.07) is 13.0. The van der Waals surface area contributed by atoms with Gasteiger partial charge in [-0.3, -0.25) is 9.59 Å². The van der Waals surface area contributed by atoms with Gasteiger partial charge in [-0.2, -0.15) is 0 Å². The van der Waals surface area contributed by atoms with Gasteiger partial charge in [0.15, 0.2) is 5.60 Å². The quantitative estimate of drug-likeness (QED) is 0.737. The zero-order valence-corrected chi connectivity index (χ0v) is 17.4. The summed E-state index contributed by atoms with van der Waals surface area (Å²) in [6.07, 6.45) is 0.204. The number of anilines is 2. The number of ether oxygens (including phenoxy) is 1. The molecule has 1 aliphatic heterocycles. The van der Waals surface area contributed by atoms with Crippen molar-refractivity contribution < 1.29 is 14.3 Å². The van der Waals surface area contributed by atoms with Crippen molar-refractivity contribution in [1.82, 2.24) is 0 Å². The van der Waals surface area contributed by atoms with Crippen LogP contribution in [0.15, 0.2) is 42.5 Å². The molecule has 0 spiro atoms. The Hall–Kier alpha value is -2.53. The first-order chi connectivity index (χ1) is 13.2. The van der Waals surface area contributed by atoms with E-state index in [9.17, 15) is 9.59 Å². The van der Waals surface area contributed by atoms with Crippen molar-refractivity contribution in [1.29, 1.82) is 0 Å². The molecule has 5 nitrogen and oxygen atoms in total. The van der Waals surface area contributed by atoms with E-state index in [-0.39, 0.29) is 24.8 Å². The fourth-order valence-corrected chi connectivity index (χ4v) is 3.57. The van der Waals surface area contributed by atoms with E-state index < -0.39 is 5.60 Å². The molecule has 2 aromatic carbocycles. The van der Waals surface area contributed by atoms with Gasteiger partial charge in [-0.05, 0) is 63.6 Å². The molecule has 148 valence electrons. The number of hydrogen-bond acceptors (Lipinski definition) is 3. The molecule has 1 heterocycles. The minimum atomic E-state index is -0.995. The first kappa shape index (κ1) is 20.2. The number of rotatable bonds is 5. The van der Waals surface area contributed by atoms with Crippen LogP contribution >= 0.6 is 11.6 Å². The lowest BCUT2D eigenvalue weighted by molar-refractivity contribution is -0.132. The maximum atomic E-state index is 12.9. The van der Waals surface area contributed by atoms with E-state index in [2.05, 4.69) is 0 Å². The molecule has 0 fully saturated rings. The molecule has 2 aromatic rings. The lowest BCUT2D eigenvalue weighted by atomic mass is 10.0. The number of benzene rings is 2. The number of nitrogens with zero attached hydrogens (tertiary/aromatic N) is 2. The third-order valence-corrected chi connectivity index (χ3v) is 5.05. The van der Waals surface area contributed by atoms with Crippen LogP contribution in [-0.2, 0) is 9.59 Å². The second-order valence-electron chi connectivity index (χ2n) is 7.41. The number of carbonyl (C=O) groups is 2. The van der Waals surface area contributed by atoms with Gasteiger partial charge >= 0.3 is 0 Å².